The van der Waals surface area contributed by atoms with Crippen molar-refractivity contribution in [1.29, 1.82) is 0 Å². The summed E-state index contributed by atoms with van der Waals surface area (Å²) in [5.41, 5.74) is 0.478. The summed E-state index contributed by atoms with van der Waals surface area (Å²) < 4.78 is 0. The maximum Gasteiger partial charge on any atom is 0.241 e. The van der Waals surface area contributed by atoms with Crippen LogP contribution in [0.15, 0.2) is 0 Å². The van der Waals surface area contributed by atoms with Crippen molar-refractivity contribution in [2.75, 3.05) is 6.54 Å². The third-order valence-electron chi connectivity index (χ3n) is 5.79. The normalized spacial score (nSPS) is 33.1. The van der Waals surface area contributed by atoms with Gasteiger partial charge in [0.25, 0.3) is 0 Å². The summed E-state index contributed by atoms with van der Waals surface area (Å²) in [5, 5.41) is 3.65. The minimum absolute atomic E-state index is 0.0815. The summed E-state index contributed by atoms with van der Waals surface area (Å²) >= 11 is 0. The van der Waals surface area contributed by atoms with Gasteiger partial charge in [0.05, 0.1) is 12.2 Å². The highest BCUT2D eigenvalue weighted by Crippen LogP contribution is 2.51. The molecule has 1 saturated heterocycles. The molecule has 3 nitrogen and oxygen atoms in total. The molecule has 0 aromatic rings. The van der Waals surface area contributed by atoms with Crippen molar-refractivity contribution in [3.8, 4) is 0 Å². The molecule has 0 radical (unpaired) electrons. The number of hydrogen-bond donors (Lipinski definition) is 1. The Labute approximate surface area is 123 Å². The fourth-order valence-corrected chi connectivity index (χ4v) is 4.39. The molecule has 2 atom stereocenters. The lowest BCUT2D eigenvalue weighted by atomic mass is 9.98. The van der Waals surface area contributed by atoms with Crippen LogP contribution in [0.4, 0.5) is 0 Å². The van der Waals surface area contributed by atoms with Crippen LogP contribution in [0.2, 0.25) is 0 Å². The maximum atomic E-state index is 12.7. The van der Waals surface area contributed by atoms with E-state index in [-0.39, 0.29) is 6.04 Å². The standard InChI is InChI=1S/C17H30N2O/c1-3-9-17(10-11-17)12-19-15(13-7-5-6-8-13)18-14(4-2)16(19)20/h13-15,18H,3-12H2,1-2H3. The van der Waals surface area contributed by atoms with Crippen molar-refractivity contribution in [3.63, 3.8) is 0 Å². The summed E-state index contributed by atoms with van der Waals surface area (Å²) in [7, 11) is 0. The van der Waals surface area contributed by atoms with Gasteiger partial charge in [-0.25, -0.2) is 0 Å². The van der Waals surface area contributed by atoms with Gasteiger partial charge in [-0.2, -0.15) is 0 Å². The van der Waals surface area contributed by atoms with Gasteiger partial charge >= 0.3 is 0 Å². The Morgan fingerprint density at radius 1 is 1.25 bits per heavy atom. The molecule has 3 aliphatic rings. The van der Waals surface area contributed by atoms with E-state index in [1.165, 1.54) is 51.4 Å². The van der Waals surface area contributed by atoms with Crippen molar-refractivity contribution >= 4 is 5.91 Å². The Balaban J connectivity index is 1.72. The zero-order chi connectivity index (χ0) is 14.2. The third-order valence-corrected chi connectivity index (χ3v) is 5.79. The van der Waals surface area contributed by atoms with E-state index in [9.17, 15) is 4.79 Å². The van der Waals surface area contributed by atoms with Gasteiger partial charge in [-0.3, -0.25) is 10.1 Å². The molecule has 0 aromatic heterocycles. The number of hydrogen-bond acceptors (Lipinski definition) is 2. The van der Waals surface area contributed by atoms with Crippen LogP contribution in [0.1, 0.15) is 71.6 Å². The second-order valence-corrected chi connectivity index (χ2v) is 7.33. The summed E-state index contributed by atoms with van der Waals surface area (Å²) in [6.07, 6.45) is 11.8. The molecular formula is C17H30N2O. The minimum Gasteiger partial charge on any atom is -0.325 e. The fourth-order valence-electron chi connectivity index (χ4n) is 4.39. The monoisotopic (exact) mass is 278 g/mol. The first kappa shape index (κ1) is 14.4. The average Bonchev–Trinajstić information content (AvgIpc) is 2.88. The van der Waals surface area contributed by atoms with E-state index < -0.39 is 0 Å². The van der Waals surface area contributed by atoms with E-state index in [2.05, 4.69) is 24.1 Å². The number of carbonyl (C=O) groups is 1. The van der Waals surface area contributed by atoms with Crippen molar-refractivity contribution in [1.82, 2.24) is 10.2 Å². The predicted octanol–water partition coefficient (Wildman–Crippen LogP) is 3.29. The lowest BCUT2D eigenvalue weighted by Gasteiger charge is -2.32. The lowest BCUT2D eigenvalue weighted by molar-refractivity contribution is -0.131. The van der Waals surface area contributed by atoms with E-state index in [0.717, 1.165) is 13.0 Å². The van der Waals surface area contributed by atoms with Gasteiger partial charge in [0.1, 0.15) is 0 Å². The molecule has 114 valence electrons. The average molecular weight is 278 g/mol. The Morgan fingerprint density at radius 2 is 1.95 bits per heavy atom. The highest BCUT2D eigenvalue weighted by molar-refractivity contribution is 5.84. The smallest absolute Gasteiger partial charge is 0.241 e. The largest absolute Gasteiger partial charge is 0.325 e. The molecule has 2 aliphatic carbocycles. The van der Waals surface area contributed by atoms with Crippen molar-refractivity contribution < 1.29 is 4.79 Å². The molecule has 20 heavy (non-hydrogen) atoms. The molecule has 3 heteroatoms. The second-order valence-electron chi connectivity index (χ2n) is 7.33. The summed E-state index contributed by atoms with van der Waals surface area (Å²) in [4.78, 5) is 14.9. The van der Waals surface area contributed by atoms with E-state index >= 15 is 0 Å². The third kappa shape index (κ3) is 2.61. The summed E-state index contributed by atoms with van der Waals surface area (Å²) in [5.74, 6) is 1.08. The minimum atomic E-state index is 0.0815. The molecule has 2 saturated carbocycles. The fraction of sp³-hybridized carbons (Fsp3) is 0.941. The number of rotatable bonds is 6. The molecule has 3 fully saturated rings. The number of nitrogens with zero attached hydrogens (tertiary/aromatic N) is 1. The number of carbonyl (C=O) groups excluding carboxylic acids is 1. The molecule has 0 aromatic carbocycles. The van der Waals surface area contributed by atoms with Crippen LogP contribution in [0.25, 0.3) is 0 Å². The highest BCUT2D eigenvalue weighted by Gasteiger charge is 2.49. The second kappa shape index (κ2) is 5.67. The molecule has 1 N–H and O–H groups in total. The molecule has 1 heterocycles. The molecule has 0 spiro atoms. The van der Waals surface area contributed by atoms with E-state index in [1.54, 1.807) is 0 Å². The van der Waals surface area contributed by atoms with Gasteiger partial charge in [0, 0.05) is 6.54 Å². The molecule has 1 amide bonds. The van der Waals surface area contributed by atoms with Crippen LogP contribution in [0, 0.1) is 11.3 Å². The van der Waals surface area contributed by atoms with Gasteiger partial charge in [-0.15, -0.1) is 0 Å². The Hall–Kier alpha value is -0.570. The van der Waals surface area contributed by atoms with Crippen LogP contribution in [-0.2, 0) is 4.79 Å². The SMILES string of the molecule is CCCC1(CN2C(=O)C(CC)NC2C2CCCC2)CC1. The highest BCUT2D eigenvalue weighted by atomic mass is 16.2. The Bertz CT molecular complexity index is 358. The zero-order valence-electron chi connectivity index (χ0n) is 13.2. The van der Waals surface area contributed by atoms with Gasteiger partial charge in [0.15, 0.2) is 0 Å². The van der Waals surface area contributed by atoms with Gasteiger partial charge in [-0.05, 0) is 49.9 Å². The Kier molecular flexibility index (Phi) is 4.07. The lowest BCUT2D eigenvalue weighted by Crippen LogP contribution is -2.45. The van der Waals surface area contributed by atoms with Crippen molar-refractivity contribution in [2.45, 2.75) is 83.8 Å². The van der Waals surface area contributed by atoms with Gasteiger partial charge in [0.2, 0.25) is 5.91 Å². The van der Waals surface area contributed by atoms with E-state index in [4.69, 9.17) is 0 Å². The van der Waals surface area contributed by atoms with E-state index in [0.29, 0.717) is 23.4 Å². The maximum absolute atomic E-state index is 12.7. The predicted molar refractivity (Wildman–Crippen MR) is 81.2 cm³/mol. The van der Waals surface area contributed by atoms with Crippen LogP contribution in [0.5, 0.6) is 0 Å². The first-order valence-corrected chi connectivity index (χ1v) is 8.75. The molecule has 2 unspecified atom stereocenters. The number of nitrogens with one attached hydrogen (secondary N) is 1. The van der Waals surface area contributed by atoms with Gasteiger partial charge < -0.3 is 4.90 Å². The topological polar surface area (TPSA) is 32.3 Å². The van der Waals surface area contributed by atoms with Crippen LogP contribution in [0.3, 0.4) is 0 Å². The summed E-state index contributed by atoms with van der Waals surface area (Å²) in [6.45, 7) is 5.42. The molecule has 0 bridgehead atoms. The number of amides is 1. The first-order chi connectivity index (χ1) is 9.69. The summed E-state index contributed by atoms with van der Waals surface area (Å²) in [6, 6.07) is 0.0815. The van der Waals surface area contributed by atoms with E-state index in [1.807, 2.05) is 0 Å². The van der Waals surface area contributed by atoms with Crippen molar-refractivity contribution in [2.24, 2.45) is 11.3 Å². The van der Waals surface area contributed by atoms with Crippen LogP contribution in [-0.4, -0.2) is 29.6 Å². The molecular weight excluding hydrogens is 248 g/mol. The zero-order valence-corrected chi connectivity index (χ0v) is 13.2. The first-order valence-electron chi connectivity index (χ1n) is 8.75. The van der Waals surface area contributed by atoms with Crippen LogP contribution >= 0.6 is 0 Å². The Morgan fingerprint density at radius 3 is 2.50 bits per heavy atom. The quantitative estimate of drug-likeness (QED) is 0.808. The molecule has 1 aliphatic heterocycles. The van der Waals surface area contributed by atoms with Gasteiger partial charge in [-0.1, -0.05) is 33.1 Å². The van der Waals surface area contributed by atoms with Crippen molar-refractivity contribution in [3.05, 3.63) is 0 Å². The van der Waals surface area contributed by atoms with Crippen LogP contribution < -0.4 is 5.32 Å². The molecule has 3 rings (SSSR count).